The fourth-order valence-corrected chi connectivity index (χ4v) is 2.71. The Balaban J connectivity index is 2.28. The van der Waals surface area contributed by atoms with Gasteiger partial charge in [-0.05, 0) is 41.9 Å². The van der Waals surface area contributed by atoms with Gasteiger partial charge in [0, 0.05) is 5.38 Å². The smallest absolute Gasteiger partial charge is 0.140 e. The summed E-state index contributed by atoms with van der Waals surface area (Å²) < 4.78 is 6.53. The average molecular weight is 315 g/mol. The predicted octanol–water partition coefficient (Wildman–Crippen LogP) is 3.90. The lowest BCUT2D eigenvalue weighted by molar-refractivity contribution is 0.440. The molecule has 0 spiro atoms. The molecule has 2 aromatic rings. The van der Waals surface area contributed by atoms with Gasteiger partial charge in [-0.25, -0.2) is 4.98 Å². The Morgan fingerprint density at radius 1 is 1.59 bits per heavy atom. The van der Waals surface area contributed by atoms with E-state index in [9.17, 15) is 0 Å². The first-order valence-corrected chi connectivity index (χ1v) is 7.28. The molecule has 1 atom stereocenters. The van der Waals surface area contributed by atoms with Crippen molar-refractivity contribution in [2.24, 2.45) is 0 Å². The Hall–Kier alpha value is -0.650. The molecule has 0 aliphatic heterocycles. The minimum absolute atomic E-state index is 0.0317. The summed E-state index contributed by atoms with van der Waals surface area (Å²) >= 11 is 5.17. The van der Waals surface area contributed by atoms with Crippen LogP contribution in [0.3, 0.4) is 0 Å². The number of aryl methyl sites for hydroxylation is 1. The summed E-state index contributed by atoms with van der Waals surface area (Å²) in [6.45, 7) is 5.10. The van der Waals surface area contributed by atoms with Crippen molar-refractivity contribution in [1.29, 1.82) is 0 Å². The van der Waals surface area contributed by atoms with E-state index in [1.165, 1.54) is 0 Å². The highest BCUT2D eigenvalue weighted by atomic mass is 79.9. The van der Waals surface area contributed by atoms with Crippen LogP contribution in [-0.4, -0.2) is 11.5 Å². The number of hydrogen-bond donors (Lipinski definition) is 1. The van der Waals surface area contributed by atoms with Crippen molar-refractivity contribution in [3.63, 3.8) is 0 Å². The van der Waals surface area contributed by atoms with Crippen molar-refractivity contribution in [3.05, 3.63) is 38.6 Å². The minimum Gasteiger partial charge on any atom is -0.466 e. The van der Waals surface area contributed by atoms with Gasteiger partial charge in [-0.3, -0.25) is 0 Å². The molecule has 1 N–H and O–H groups in total. The third-order valence-electron chi connectivity index (χ3n) is 2.44. The second-order valence-electron chi connectivity index (χ2n) is 3.81. The summed E-state index contributed by atoms with van der Waals surface area (Å²) in [5, 5.41) is 6.62. The van der Waals surface area contributed by atoms with Gasteiger partial charge in [0.25, 0.3) is 0 Å². The van der Waals surface area contributed by atoms with Crippen molar-refractivity contribution < 1.29 is 4.42 Å². The summed E-state index contributed by atoms with van der Waals surface area (Å²) in [6.07, 6.45) is 2.78. The molecule has 2 rings (SSSR count). The maximum absolute atomic E-state index is 5.54. The zero-order valence-corrected chi connectivity index (χ0v) is 12.3. The number of thiazole rings is 1. The van der Waals surface area contributed by atoms with Crippen molar-refractivity contribution in [2.45, 2.75) is 26.3 Å². The fraction of sp³-hybridized carbons (Fsp3) is 0.417. The van der Waals surface area contributed by atoms with Crippen LogP contribution in [0.5, 0.6) is 0 Å². The molecule has 0 radical (unpaired) electrons. The largest absolute Gasteiger partial charge is 0.466 e. The van der Waals surface area contributed by atoms with Crippen molar-refractivity contribution >= 4 is 27.3 Å². The Morgan fingerprint density at radius 2 is 2.41 bits per heavy atom. The van der Waals surface area contributed by atoms with E-state index in [4.69, 9.17) is 4.42 Å². The molecule has 17 heavy (non-hydrogen) atoms. The van der Waals surface area contributed by atoms with Crippen LogP contribution in [0.2, 0.25) is 0 Å². The Labute approximate surface area is 113 Å². The average Bonchev–Trinajstić information content (AvgIpc) is 2.90. The van der Waals surface area contributed by atoms with E-state index in [1.54, 1.807) is 17.6 Å². The molecule has 0 aliphatic rings. The van der Waals surface area contributed by atoms with E-state index >= 15 is 0 Å². The molecule has 0 saturated carbocycles. The zero-order chi connectivity index (χ0) is 12.3. The van der Waals surface area contributed by atoms with Gasteiger partial charge in [0.05, 0.1) is 21.4 Å². The SMILES string of the molecule is CCCNC(c1csc(C)n1)c1occc1Br. The summed E-state index contributed by atoms with van der Waals surface area (Å²) in [5.41, 5.74) is 1.02. The number of nitrogens with one attached hydrogen (secondary N) is 1. The summed E-state index contributed by atoms with van der Waals surface area (Å²) in [6, 6.07) is 1.94. The molecule has 3 nitrogen and oxygen atoms in total. The van der Waals surface area contributed by atoms with Gasteiger partial charge in [-0.1, -0.05) is 6.92 Å². The van der Waals surface area contributed by atoms with Crippen LogP contribution in [0.25, 0.3) is 0 Å². The molecule has 92 valence electrons. The lowest BCUT2D eigenvalue weighted by atomic mass is 10.1. The lowest BCUT2D eigenvalue weighted by Crippen LogP contribution is -2.23. The van der Waals surface area contributed by atoms with Crippen LogP contribution in [0, 0.1) is 6.92 Å². The number of aromatic nitrogens is 1. The monoisotopic (exact) mass is 314 g/mol. The van der Waals surface area contributed by atoms with Gasteiger partial charge in [0.1, 0.15) is 11.8 Å². The van der Waals surface area contributed by atoms with E-state index in [0.717, 1.165) is 33.9 Å². The first kappa shape index (κ1) is 12.8. The van der Waals surface area contributed by atoms with Crippen LogP contribution < -0.4 is 5.32 Å². The third-order valence-corrected chi connectivity index (χ3v) is 3.88. The molecule has 0 saturated heterocycles. The molecule has 0 amide bonds. The quantitative estimate of drug-likeness (QED) is 0.909. The van der Waals surface area contributed by atoms with Crippen LogP contribution in [0.1, 0.15) is 35.8 Å². The highest BCUT2D eigenvalue weighted by Crippen LogP contribution is 2.30. The fourth-order valence-electron chi connectivity index (χ4n) is 1.64. The Kier molecular flexibility index (Phi) is 4.36. The van der Waals surface area contributed by atoms with Gasteiger partial charge in [0.2, 0.25) is 0 Å². The number of nitrogens with zero attached hydrogens (tertiary/aromatic N) is 1. The van der Waals surface area contributed by atoms with Crippen LogP contribution in [0.4, 0.5) is 0 Å². The first-order chi connectivity index (χ1) is 8.22. The highest BCUT2D eigenvalue weighted by Gasteiger charge is 2.21. The second-order valence-corrected chi connectivity index (χ2v) is 5.73. The minimum atomic E-state index is 0.0317. The van der Waals surface area contributed by atoms with Crippen molar-refractivity contribution in [2.75, 3.05) is 6.54 Å². The second kappa shape index (κ2) is 5.80. The van der Waals surface area contributed by atoms with Gasteiger partial charge in [-0.15, -0.1) is 11.3 Å². The maximum Gasteiger partial charge on any atom is 0.140 e. The van der Waals surface area contributed by atoms with Gasteiger partial charge in [0.15, 0.2) is 0 Å². The third kappa shape index (κ3) is 2.97. The molecule has 5 heteroatoms. The summed E-state index contributed by atoms with van der Waals surface area (Å²) in [5.74, 6) is 0.892. The van der Waals surface area contributed by atoms with Crippen LogP contribution in [-0.2, 0) is 0 Å². The number of rotatable bonds is 5. The molecule has 0 fully saturated rings. The lowest BCUT2D eigenvalue weighted by Gasteiger charge is -2.14. The Bertz CT molecular complexity index is 480. The maximum atomic E-state index is 5.54. The molecule has 2 heterocycles. The van der Waals surface area contributed by atoms with Crippen LogP contribution in [0.15, 0.2) is 26.6 Å². The van der Waals surface area contributed by atoms with Crippen LogP contribution >= 0.6 is 27.3 Å². The summed E-state index contributed by atoms with van der Waals surface area (Å²) in [7, 11) is 0. The molecular formula is C12H15BrN2OS. The molecule has 1 unspecified atom stereocenters. The van der Waals surface area contributed by atoms with Crippen molar-refractivity contribution in [1.82, 2.24) is 10.3 Å². The standard InChI is InChI=1S/C12H15BrN2OS/c1-3-5-14-11(10-7-17-8(2)15-10)12-9(13)4-6-16-12/h4,6-7,11,14H,3,5H2,1-2H3. The molecule has 2 aromatic heterocycles. The molecule has 0 aromatic carbocycles. The number of halogens is 1. The van der Waals surface area contributed by atoms with Crippen molar-refractivity contribution in [3.8, 4) is 0 Å². The van der Waals surface area contributed by atoms with Gasteiger partial charge < -0.3 is 9.73 Å². The summed E-state index contributed by atoms with van der Waals surface area (Å²) in [4.78, 5) is 4.54. The number of hydrogen-bond acceptors (Lipinski definition) is 4. The van der Waals surface area contributed by atoms with E-state index in [2.05, 4.69) is 38.5 Å². The highest BCUT2D eigenvalue weighted by molar-refractivity contribution is 9.10. The number of furan rings is 1. The Morgan fingerprint density at radius 3 is 2.94 bits per heavy atom. The van der Waals surface area contributed by atoms with E-state index in [-0.39, 0.29) is 6.04 Å². The zero-order valence-electron chi connectivity index (χ0n) is 9.87. The van der Waals surface area contributed by atoms with Gasteiger partial charge in [-0.2, -0.15) is 0 Å². The van der Waals surface area contributed by atoms with E-state index in [1.807, 2.05) is 13.0 Å². The molecule has 0 aliphatic carbocycles. The van der Waals surface area contributed by atoms with E-state index in [0.29, 0.717) is 0 Å². The first-order valence-electron chi connectivity index (χ1n) is 5.60. The van der Waals surface area contributed by atoms with E-state index < -0.39 is 0 Å². The van der Waals surface area contributed by atoms with Gasteiger partial charge >= 0.3 is 0 Å². The predicted molar refractivity (Wildman–Crippen MR) is 73.4 cm³/mol. The topological polar surface area (TPSA) is 38.1 Å². The molecular weight excluding hydrogens is 300 g/mol. The normalized spacial score (nSPS) is 12.9. The molecule has 0 bridgehead atoms.